The fourth-order valence-corrected chi connectivity index (χ4v) is 2.26. The van der Waals surface area contributed by atoms with Crippen molar-refractivity contribution in [2.45, 2.75) is 31.2 Å². The van der Waals surface area contributed by atoms with Gasteiger partial charge in [-0.3, -0.25) is 4.98 Å². The van der Waals surface area contributed by atoms with Crippen LogP contribution in [0, 0.1) is 0 Å². The van der Waals surface area contributed by atoms with E-state index in [1.807, 2.05) is 12.1 Å². The molecule has 2 heterocycles. The van der Waals surface area contributed by atoms with Gasteiger partial charge in [-0.25, -0.2) is 0 Å². The van der Waals surface area contributed by atoms with Gasteiger partial charge in [-0.2, -0.15) is 4.98 Å². The summed E-state index contributed by atoms with van der Waals surface area (Å²) in [6.07, 6.45) is 7.52. The third-order valence-corrected chi connectivity index (χ3v) is 3.27. The largest absolute Gasteiger partial charge is 0.337 e. The number of pyridine rings is 1. The molecule has 2 aromatic rings. The summed E-state index contributed by atoms with van der Waals surface area (Å²) in [5.74, 6) is 1.11. The number of hydrogen-bond donors (Lipinski definition) is 1. The zero-order valence-corrected chi connectivity index (χ0v) is 10.7. The molecule has 1 aliphatic carbocycles. The van der Waals surface area contributed by atoms with Crippen LogP contribution in [-0.2, 0) is 5.54 Å². The Labute approximate surface area is 111 Å². The molecule has 0 spiro atoms. The molecule has 0 bridgehead atoms. The third kappa shape index (κ3) is 2.23. The van der Waals surface area contributed by atoms with Gasteiger partial charge in [-0.05, 0) is 25.0 Å². The summed E-state index contributed by atoms with van der Waals surface area (Å²) >= 11 is 0. The lowest BCUT2D eigenvalue weighted by molar-refractivity contribution is 0.285. The van der Waals surface area contributed by atoms with Gasteiger partial charge in [-0.15, -0.1) is 12.4 Å². The minimum absolute atomic E-state index is 0. The van der Waals surface area contributed by atoms with Crippen LogP contribution >= 0.6 is 12.4 Å². The Kier molecular flexibility index (Phi) is 3.63. The highest BCUT2D eigenvalue weighted by Crippen LogP contribution is 2.35. The van der Waals surface area contributed by atoms with Gasteiger partial charge in [0.1, 0.15) is 0 Å². The standard InChI is InChI=1S/C12H14N4O.ClH/c13-12(5-1-2-6-12)11-15-10(16-17-11)9-4-3-7-14-8-9;/h3-4,7-8H,1-2,5-6,13H2;1H. The lowest BCUT2D eigenvalue weighted by atomic mass is 9.99. The first-order valence-electron chi connectivity index (χ1n) is 5.81. The minimum atomic E-state index is -0.423. The van der Waals surface area contributed by atoms with Crippen LogP contribution in [0.25, 0.3) is 11.4 Å². The summed E-state index contributed by atoms with van der Waals surface area (Å²) in [7, 11) is 0. The monoisotopic (exact) mass is 266 g/mol. The maximum absolute atomic E-state index is 6.26. The predicted molar refractivity (Wildman–Crippen MR) is 69.1 cm³/mol. The quantitative estimate of drug-likeness (QED) is 0.902. The zero-order chi connectivity index (χ0) is 11.7. The maximum Gasteiger partial charge on any atom is 0.247 e. The summed E-state index contributed by atoms with van der Waals surface area (Å²) in [4.78, 5) is 8.42. The third-order valence-electron chi connectivity index (χ3n) is 3.27. The second-order valence-electron chi connectivity index (χ2n) is 4.53. The lowest BCUT2D eigenvalue weighted by Gasteiger charge is -2.17. The van der Waals surface area contributed by atoms with Crippen LogP contribution in [0.3, 0.4) is 0 Å². The molecule has 0 atom stereocenters. The summed E-state index contributed by atoms with van der Waals surface area (Å²) < 4.78 is 5.29. The van der Waals surface area contributed by atoms with Crippen LogP contribution in [0.15, 0.2) is 29.0 Å². The summed E-state index contributed by atoms with van der Waals surface area (Å²) in [5, 5.41) is 3.97. The Hall–Kier alpha value is -1.46. The smallest absolute Gasteiger partial charge is 0.247 e. The van der Waals surface area contributed by atoms with Crippen molar-refractivity contribution in [2.75, 3.05) is 0 Å². The van der Waals surface area contributed by atoms with Gasteiger partial charge in [-0.1, -0.05) is 18.0 Å². The van der Waals surface area contributed by atoms with Crippen LogP contribution in [0.1, 0.15) is 31.6 Å². The molecule has 0 radical (unpaired) electrons. The van der Waals surface area contributed by atoms with Crippen molar-refractivity contribution < 1.29 is 4.52 Å². The zero-order valence-electron chi connectivity index (χ0n) is 9.87. The topological polar surface area (TPSA) is 77.8 Å². The molecular formula is C12H15ClN4O. The van der Waals surface area contributed by atoms with Crippen molar-refractivity contribution in [3.05, 3.63) is 30.4 Å². The minimum Gasteiger partial charge on any atom is -0.337 e. The predicted octanol–water partition coefficient (Wildman–Crippen LogP) is 2.28. The molecule has 2 N–H and O–H groups in total. The van der Waals surface area contributed by atoms with Crippen LogP contribution in [0.5, 0.6) is 0 Å². The van der Waals surface area contributed by atoms with E-state index in [1.54, 1.807) is 12.4 Å². The number of aromatic nitrogens is 3. The highest BCUT2D eigenvalue weighted by Gasteiger charge is 2.36. The van der Waals surface area contributed by atoms with Crippen molar-refractivity contribution in [3.63, 3.8) is 0 Å². The average molecular weight is 267 g/mol. The Morgan fingerprint density at radius 3 is 2.72 bits per heavy atom. The summed E-state index contributed by atoms with van der Waals surface area (Å²) in [6.45, 7) is 0. The van der Waals surface area contributed by atoms with E-state index in [2.05, 4.69) is 15.1 Å². The maximum atomic E-state index is 6.26. The number of rotatable bonds is 2. The Morgan fingerprint density at radius 1 is 1.28 bits per heavy atom. The van der Waals surface area contributed by atoms with Crippen molar-refractivity contribution in [1.82, 2.24) is 15.1 Å². The first-order valence-corrected chi connectivity index (χ1v) is 5.81. The highest BCUT2D eigenvalue weighted by molar-refractivity contribution is 5.85. The molecule has 3 rings (SSSR count). The first kappa shape index (κ1) is 13.0. The Bertz CT molecular complexity index is 508. The van der Waals surface area contributed by atoms with Crippen molar-refractivity contribution in [1.29, 1.82) is 0 Å². The Balaban J connectivity index is 0.00000120. The fraction of sp³-hybridized carbons (Fsp3) is 0.417. The average Bonchev–Trinajstić information content (AvgIpc) is 2.99. The normalized spacial score (nSPS) is 17.4. The summed E-state index contributed by atoms with van der Waals surface area (Å²) in [6, 6.07) is 3.75. The molecule has 2 aromatic heterocycles. The second-order valence-corrected chi connectivity index (χ2v) is 4.53. The van der Waals surface area contributed by atoms with Gasteiger partial charge in [0.25, 0.3) is 0 Å². The van der Waals surface area contributed by atoms with E-state index >= 15 is 0 Å². The molecule has 0 saturated heterocycles. The number of nitrogens with two attached hydrogens (primary N) is 1. The van der Waals surface area contributed by atoms with E-state index < -0.39 is 5.54 Å². The van der Waals surface area contributed by atoms with E-state index in [4.69, 9.17) is 10.3 Å². The molecule has 5 nitrogen and oxygen atoms in total. The van der Waals surface area contributed by atoms with E-state index in [0.29, 0.717) is 11.7 Å². The molecule has 0 aromatic carbocycles. The summed E-state index contributed by atoms with van der Waals surface area (Å²) in [5.41, 5.74) is 6.69. The van der Waals surface area contributed by atoms with Crippen LogP contribution in [0.2, 0.25) is 0 Å². The molecule has 0 amide bonds. The molecule has 1 fully saturated rings. The number of halogens is 1. The number of hydrogen-bond acceptors (Lipinski definition) is 5. The van der Waals surface area contributed by atoms with Gasteiger partial charge in [0.2, 0.25) is 11.7 Å². The highest BCUT2D eigenvalue weighted by atomic mass is 35.5. The van der Waals surface area contributed by atoms with E-state index in [0.717, 1.165) is 31.2 Å². The van der Waals surface area contributed by atoms with Crippen LogP contribution in [-0.4, -0.2) is 15.1 Å². The van der Waals surface area contributed by atoms with Crippen molar-refractivity contribution in [2.24, 2.45) is 5.73 Å². The van der Waals surface area contributed by atoms with Gasteiger partial charge in [0.05, 0.1) is 5.54 Å². The van der Waals surface area contributed by atoms with Gasteiger partial charge in [0.15, 0.2) is 0 Å². The molecule has 1 saturated carbocycles. The van der Waals surface area contributed by atoms with Crippen molar-refractivity contribution >= 4 is 12.4 Å². The lowest BCUT2D eigenvalue weighted by Crippen LogP contribution is -2.33. The molecule has 0 unspecified atom stereocenters. The van der Waals surface area contributed by atoms with Crippen LogP contribution in [0.4, 0.5) is 0 Å². The van der Waals surface area contributed by atoms with E-state index in [1.165, 1.54) is 0 Å². The van der Waals surface area contributed by atoms with Gasteiger partial charge in [0, 0.05) is 18.0 Å². The molecule has 18 heavy (non-hydrogen) atoms. The van der Waals surface area contributed by atoms with Gasteiger partial charge < -0.3 is 10.3 Å². The van der Waals surface area contributed by atoms with Crippen LogP contribution < -0.4 is 5.73 Å². The van der Waals surface area contributed by atoms with Crippen molar-refractivity contribution in [3.8, 4) is 11.4 Å². The van der Waals surface area contributed by atoms with E-state index in [9.17, 15) is 0 Å². The molecule has 1 aliphatic rings. The molecular weight excluding hydrogens is 252 g/mol. The number of nitrogens with zero attached hydrogens (tertiary/aromatic N) is 3. The molecule has 0 aliphatic heterocycles. The SMILES string of the molecule is Cl.NC1(c2nc(-c3cccnc3)no2)CCCC1. The fourth-order valence-electron chi connectivity index (χ4n) is 2.26. The Morgan fingerprint density at radius 2 is 2.06 bits per heavy atom. The second kappa shape index (κ2) is 5.04. The first-order chi connectivity index (χ1) is 8.28. The van der Waals surface area contributed by atoms with E-state index in [-0.39, 0.29) is 12.4 Å². The molecule has 6 heteroatoms. The molecule has 96 valence electrons. The van der Waals surface area contributed by atoms with Gasteiger partial charge >= 0.3 is 0 Å².